The highest BCUT2D eigenvalue weighted by Gasteiger charge is 2.42. The summed E-state index contributed by atoms with van der Waals surface area (Å²) in [5, 5.41) is 14.0. The molecule has 3 amide bonds. The minimum Gasteiger partial charge on any atom is -0.497 e. The summed E-state index contributed by atoms with van der Waals surface area (Å²) in [4.78, 5) is 24.8. The quantitative estimate of drug-likeness (QED) is 0.595. The standard InChI is InChI=1S/C19H24N4O4S/c1-4-5-8-22-19(25)23-18(24)16-15(13(10-20)17(21)28-16)12-9-11(26-2)6-7-14(12)27-3/h6-7,9,15-16H,4-5,8,21H2,1-3H3,(H2,22,23,24,25). The van der Waals surface area contributed by atoms with E-state index in [-0.39, 0.29) is 10.6 Å². The predicted octanol–water partition coefficient (Wildman–Crippen LogP) is 2.22. The van der Waals surface area contributed by atoms with Crippen molar-refractivity contribution in [2.75, 3.05) is 20.8 Å². The second kappa shape index (κ2) is 9.90. The number of urea groups is 1. The number of rotatable bonds is 7. The Balaban J connectivity index is 2.32. The molecule has 0 aliphatic carbocycles. The maximum Gasteiger partial charge on any atom is 0.321 e. The maximum atomic E-state index is 12.8. The molecule has 4 N–H and O–H groups in total. The van der Waals surface area contributed by atoms with Gasteiger partial charge in [-0.3, -0.25) is 10.1 Å². The van der Waals surface area contributed by atoms with Gasteiger partial charge in [0.1, 0.15) is 16.7 Å². The molecule has 0 saturated carbocycles. The van der Waals surface area contributed by atoms with Crippen LogP contribution in [0.3, 0.4) is 0 Å². The summed E-state index contributed by atoms with van der Waals surface area (Å²) in [5.74, 6) is -0.135. The molecule has 1 aromatic rings. The number of amides is 3. The van der Waals surface area contributed by atoms with Crippen molar-refractivity contribution in [3.05, 3.63) is 34.4 Å². The van der Waals surface area contributed by atoms with E-state index in [4.69, 9.17) is 15.2 Å². The van der Waals surface area contributed by atoms with Gasteiger partial charge in [-0.15, -0.1) is 0 Å². The molecule has 0 bridgehead atoms. The normalized spacial score (nSPS) is 18.4. The van der Waals surface area contributed by atoms with Crippen LogP contribution in [0.2, 0.25) is 0 Å². The van der Waals surface area contributed by atoms with Gasteiger partial charge in [0.25, 0.3) is 0 Å². The highest BCUT2D eigenvalue weighted by molar-refractivity contribution is 8.04. The average Bonchev–Trinajstić information content (AvgIpc) is 3.03. The molecule has 1 heterocycles. The lowest BCUT2D eigenvalue weighted by Crippen LogP contribution is -2.44. The first-order valence-electron chi connectivity index (χ1n) is 8.83. The van der Waals surface area contributed by atoms with Gasteiger partial charge in [0.05, 0.1) is 30.9 Å². The summed E-state index contributed by atoms with van der Waals surface area (Å²) >= 11 is 1.06. The fourth-order valence-corrected chi connectivity index (χ4v) is 4.07. The molecule has 8 nitrogen and oxygen atoms in total. The summed E-state index contributed by atoms with van der Waals surface area (Å²) in [5.41, 5.74) is 6.87. The SMILES string of the molecule is CCCCNC(=O)NC(=O)C1SC(N)=C(C#N)C1c1cc(OC)ccc1OC. The fraction of sp³-hybridized carbons (Fsp3) is 0.421. The third-order valence-electron chi connectivity index (χ3n) is 4.34. The van der Waals surface area contributed by atoms with E-state index in [9.17, 15) is 14.9 Å². The number of nitrogens with one attached hydrogen (secondary N) is 2. The van der Waals surface area contributed by atoms with Crippen LogP contribution in [0, 0.1) is 11.3 Å². The second-order valence-electron chi connectivity index (χ2n) is 6.11. The molecule has 0 aromatic heterocycles. The van der Waals surface area contributed by atoms with Gasteiger partial charge in [-0.25, -0.2) is 4.79 Å². The molecule has 1 aromatic carbocycles. The number of carbonyl (C=O) groups is 2. The van der Waals surface area contributed by atoms with Gasteiger partial charge in [-0.05, 0) is 24.6 Å². The third-order valence-corrected chi connectivity index (χ3v) is 5.55. The number of methoxy groups -OCH3 is 2. The largest absolute Gasteiger partial charge is 0.497 e. The molecule has 0 saturated heterocycles. The molecular formula is C19H24N4O4S. The van der Waals surface area contributed by atoms with Gasteiger partial charge in [-0.2, -0.15) is 5.26 Å². The van der Waals surface area contributed by atoms with Crippen LogP contribution in [-0.4, -0.2) is 38.0 Å². The van der Waals surface area contributed by atoms with Crippen LogP contribution in [0.25, 0.3) is 0 Å². The topological polar surface area (TPSA) is 126 Å². The third kappa shape index (κ3) is 4.70. The highest BCUT2D eigenvalue weighted by Crippen LogP contribution is 2.48. The number of imide groups is 1. The van der Waals surface area contributed by atoms with Crippen molar-refractivity contribution in [2.45, 2.75) is 30.9 Å². The Hall–Kier alpha value is -2.86. The number of nitrogens with two attached hydrogens (primary N) is 1. The zero-order chi connectivity index (χ0) is 20.7. The molecule has 2 unspecified atom stereocenters. The van der Waals surface area contributed by atoms with E-state index in [1.54, 1.807) is 18.2 Å². The molecule has 150 valence electrons. The fourth-order valence-electron chi connectivity index (χ4n) is 2.91. The van der Waals surface area contributed by atoms with E-state index in [2.05, 4.69) is 16.7 Å². The molecule has 0 spiro atoms. The summed E-state index contributed by atoms with van der Waals surface area (Å²) in [6, 6.07) is 6.65. The number of ether oxygens (including phenoxy) is 2. The van der Waals surface area contributed by atoms with E-state index >= 15 is 0 Å². The number of allylic oxidation sites excluding steroid dienone is 1. The number of thioether (sulfide) groups is 1. The van der Waals surface area contributed by atoms with Crippen molar-refractivity contribution in [3.63, 3.8) is 0 Å². The first-order valence-corrected chi connectivity index (χ1v) is 9.71. The zero-order valence-electron chi connectivity index (χ0n) is 16.1. The van der Waals surface area contributed by atoms with Crippen molar-refractivity contribution < 1.29 is 19.1 Å². The summed E-state index contributed by atoms with van der Waals surface area (Å²) in [6.07, 6.45) is 1.74. The lowest BCUT2D eigenvalue weighted by molar-refractivity contribution is -0.119. The predicted molar refractivity (Wildman–Crippen MR) is 107 cm³/mol. The number of nitriles is 1. The number of carbonyl (C=O) groups excluding carboxylic acids is 2. The van der Waals surface area contributed by atoms with Crippen LogP contribution in [0.1, 0.15) is 31.2 Å². The smallest absolute Gasteiger partial charge is 0.321 e. The van der Waals surface area contributed by atoms with Crippen LogP contribution in [0.15, 0.2) is 28.8 Å². The maximum absolute atomic E-state index is 12.8. The van der Waals surface area contributed by atoms with Gasteiger partial charge >= 0.3 is 6.03 Å². The van der Waals surface area contributed by atoms with Gasteiger partial charge in [0.2, 0.25) is 5.91 Å². The van der Waals surface area contributed by atoms with E-state index in [1.165, 1.54) is 14.2 Å². The first kappa shape index (κ1) is 21.4. The van der Waals surface area contributed by atoms with Crippen molar-refractivity contribution in [1.29, 1.82) is 5.26 Å². The molecule has 0 fully saturated rings. The van der Waals surface area contributed by atoms with Crippen LogP contribution < -0.4 is 25.8 Å². The number of hydrogen-bond donors (Lipinski definition) is 3. The van der Waals surface area contributed by atoms with E-state index in [0.717, 1.165) is 24.6 Å². The molecule has 1 aliphatic heterocycles. The number of hydrogen-bond acceptors (Lipinski definition) is 7. The summed E-state index contributed by atoms with van der Waals surface area (Å²) in [6.45, 7) is 2.48. The van der Waals surface area contributed by atoms with Gasteiger partial charge in [-0.1, -0.05) is 25.1 Å². The Kier molecular flexibility index (Phi) is 7.58. The Morgan fingerprint density at radius 2 is 2.07 bits per heavy atom. The Bertz CT molecular complexity index is 819. The van der Waals surface area contributed by atoms with Crippen molar-refractivity contribution >= 4 is 23.7 Å². The summed E-state index contributed by atoms with van der Waals surface area (Å²) in [7, 11) is 3.03. The number of unbranched alkanes of at least 4 members (excludes halogenated alkanes) is 1. The number of nitrogens with zero attached hydrogens (tertiary/aromatic N) is 1. The van der Waals surface area contributed by atoms with Crippen molar-refractivity contribution in [2.24, 2.45) is 5.73 Å². The minimum absolute atomic E-state index is 0.254. The van der Waals surface area contributed by atoms with Gasteiger partial charge < -0.3 is 20.5 Å². The van der Waals surface area contributed by atoms with E-state index < -0.39 is 23.1 Å². The van der Waals surface area contributed by atoms with Crippen LogP contribution in [0.5, 0.6) is 11.5 Å². The van der Waals surface area contributed by atoms with Gasteiger partial charge in [0, 0.05) is 18.0 Å². The van der Waals surface area contributed by atoms with Crippen LogP contribution in [-0.2, 0) is 4.79 Å². The first-order chi connectivity index (χ1) is 13.5. The molecular weight excluding hydrogens is 380 g/mol. The Morgan fingerprint density at radius 1 is 1.32 bits per heavy atom. The molecule has 28 heavy (non-hydrogen) atoms. The van der Waals surface area contributed by atoms with Crippen LogP contribution >= 0.6 is 11.8 Å². The molecule has 9 heteroatoms. The van der Waals surface area contributed by atoms with E-state index in [0.29, 0.717) is 23.6 Å². The highest BCUT2D eigenvalue weighted by atomic mass is 32.2. The summed E-state index contributed by atoms with van der Waals surface area (Å²) < 4.78 is 10.7. The molecule has 1 aliphatic rings. The lowest BCUT2D eigenvalue weighted by Gasteiger charge is -2.21. The Morgan fingerprint density at radius 3 is 2.68 bits per heavy atom. The molecule has 2 rings (SSSR count). The van der Waals surface area contributed by atoms with Crippen LogP contribution in [0.4, 0.5) is 4.79 Å². The Labute approximate surface area is 168 Å². The second-order valence-corrected chi connectivity index (χ2v) is 7.30. The van der Waals surface area contributed by atoms with Gasteiger partial charge in [0.15, 0.2) is 0 Å². The zero-order valence-corrected chi connectivity index (χ0v) is 16.9. The molecule has 0 radical (unpaired) electrons. The monoisotopic (exact) mass is 404 g/mol. The lowest BCUT2D eigenvalue weighted by atomic mass is 9.88. The number of benzene rings is 1. The van der Waals surface area contributed by atoms with Crippen molar-refractivity contribution in [3.8, 4) is 17.6 Å². The van der Waals surface area contributed by atoms with Crippen molar-refractivity contribution in [1.82, 2.24) is 10.6 Å². The van der Waals surface area contributed by atoms with E-state index in [1.807, 2.05) is 6.92 Å². The average molecular weight is 404 g/mol. The molecule has 2 atom stereocenters. The minimum atomic E-state index is -0.785.